The summed E-state index contributed by atoms with van der Waals surface area (Å²) in [4.78, 5) is 0.448. The van der Waals surface area contributed by atoms with E-state index in [-0.39, 0.29) is 0 Å². The van der Waals surface area contributed by atoms with Gasteiger partial charge in [-0.3, -0.25) is 0 Å². The van der Waals surface area contributed by atoms with Crippen molar-refractivity contribution in [1.82, 2.24) is 0 Å². The molecule has 2 nitrogen and oxygen atoms in total. The van der Waals surface area contributed by atoms with Crippen LogP contribution < -0.4 is 4.46 Å². The van der Waals surface area contributed by atoms with Crippen molar-refractivity contribution in [3.8, 4) is 0 Å². The van der Waals surface area contributed by atoms with E-state index in [9.17, 15) is 8.42 Å². The van der Waals surface area contributed by atoms with Crippen LogP contribution in [0.2, 0.25) is 0 Å². The minimum absolute atomic E-state index is 0.448. The molecule has 0 N–H and O–H groups in total. The monoisotopic (exact) mass is 312 g/mol. The molecular formula is C13H12O2SSe. The Hall–Kier alpha value is -1.09. The van der Waals surface area contributed by atoms with Crippen molar-refractivity contribution in [2.24, 2.45) is 0 Å². The Labute approximate surface area is 107 Å². The Morgan fingerprint density at radius 1 is 0.882 bits per heavy atom. The molecule has 0 spiro atoms. The van der Waals surface area contributed by atoms with E-state index in [0.29, 0.717) is 4.90 Å². The fraction of sp³-hybridized carbons (Fsp3) is 0.0769. The first-order valence-electron chi connectivity index (χ1n) is 5.15. The summed E-state index contributed by atoms with van der Waals surface area (Å²) in [5, 5.41) is 0. The van der Waals surface area contributed by atoms with Gasteiger partial charge in [0.05, 0.1) is 0 Å². The number of rotatable bonds is 3. The standard InChI is InChI=1S/C13H12O2SSe/c1-11-7-5-6-10-13(11)16(14,15)17-12-8-3-2-4-9-12/h2-10H,1H3. The first-order valence-corrected chi connectivity index (χ1v) is 9.51. The Kier molecular flexibility index (Phi) is 3.67. The summed E-state index contributed by atoms with van der Waals surface area (Å²) >= 11 is -0.569. The molecule has 2 aromatic carbocycles. The molecule has 2 rings (SSSR count). The second kappa shape index (κ2) is 5.05. The summed E-state index contributed by atoms with van der Waals surface area (Å²) in [6.07, 6.45) is 0. The van der Waals surface area contributed by atoms with E-state index in [0.717, 1.165) is 10.0 Å². The summed E-state index contributed by atoms with van der Waals surface area (Å²) in [6, 6.07) is 16.5. The van der Waals surface area contributed by atoms with Crippen molar-refractivity contribution >= 4 is 26.6 Å². The van der Waals surface area contributed by atoms with Crippen LogP contribution in [-0.2, 0) is 8.26 Å². The van der Waals surface area contributed by atoms with Gasteiger partial charge in [-0.25, -0.2) is 0 Å². The van der Waals surface area contributed by atoms with Crippen LogP contribution in [0.4, 0.5) is 0 Å². The molecule has 0 fully saturated rings. The zero-order chi connectivity index (χ0) is 12.3. The van der Waals surface area contributed by atoms with Crippen LogP contribution >= 0.6 is 0 Å². The van der Waals surface area contributed by atoms with E-state index >= 15 is 0 Å². The maximum absolute atomic E-state index is 12.3. The van der Waals surface area contributed by atoms with E-state index in [1.54, 1.807) is 12.1 Å². The quantitative estimate of drug-likeness (QED) is 0.809. The first kappa shape index (κ1) is 12.4. The van der Waals surface area contributed by atoms with Gasteiger partial charge in [-0.1, -0.05) is 0 Å². The van der Waals surface area contributed by atoms with Gasteiger partial charge in [0.1, 0.15) is 0 Å². The third-order valence-electron chi connectivity index (χ3n) is 2.31. The second-order valence-corrected chi connectivity index (χ2v) is 9.93. The van der Waals surface area contributed by atoms with Crippen LogP contribution in [0.5, 0.6) is 0 Å². The van der Waals surface area contributed by atoms with Crippen molar-refractivity contribution in [3.63, 3.8) is 0 Å². The third kappa shape index (κ3) is 2.97. The van der Waals surface area contributed by atoms with Crippen molar-refractivity contribution in [1.29, 1.82) is 0 Å². The van der Waals surface area contributed by atoms with E-state index in [1.165, 1.54) is 0 Å². The normalized spacial score (nSPS) is 11.4. The average Bonchev–Trinajstić information content (AvgIpc) is 2.30. The molecule has 2 aromatic rings. The van der Waals surface area contributed by atoms with Crippen molar-refractivity contribution in [3.05, 3.63) is 60.2 Å². The third-order valence-corrected chi connectivity index (χ3v) is 8.01. The van der Waals surface area contributed by atoms with Crippen molar-refractivity contribution in [2.45, 2.75) is 11.8 Å². The predicted molar refractivity (Wildman–Crippen MR) is 70.2 cm³/mol. The van der Waals surface area contributed by atoms with E-state index in [1.807, 2.05) is 49.4 Å². The van der Waals surface area contributed by atoms with Crippen LogP contribution in [0, 0.1) is 6.92 Å². The van der Waals surface area contributed by atoms with Gasteiger partial charge in [0.15, 0.2) is 0 Å². The molecule has 0 aliphatic rings. The Morgan fingerprint density at radius 3 is 2.12 bits per heavy atom. The summed E-state index contributed by atoms with van der Waals surface area (Å²) in [5.41, 5.74) is 0.810. The summed E-state index contributed by atoms with van der Waals surface area (Å²) in [7, 11) is -3.18. The second-order valence-electron chi connectivity index (χ2n) is 3.62. The summed E-state index contributed by atoms with van der Waals surface area (Å²) in [5.74, 6) is 0. The van der Waals surface area contributed by atoms with Crippen LogP contribution in [-0.4, -0.2) is 22.3 Å². The molecule has 0 aliphatic carbocycles. The molecule has 0 unspecified atom stereocenters. The van der Waals surface area contributed by atoms with Gasteiger partial charge in [-0.15, -0.1) is 0 Å². The molecule has 0 radical (unpaired) electrons. The minimum atomic E-state index is -3.18. The van der Waals surface area contributed by atoms with Gasteiger partial charge in [-0.05, 0) is 0 Å². The van der Waals surface area contributed by atoms with Gasteiger partial charge >= 0.3 is 107 Å². The number of benzene rings is 2. The summed E-state index contributed by atoms with van der Waals surface area (Å²) in [6.45, 7) is 1.83. The summed E-state index contributed by atoms with van der Waals surface area (Å²) < 4.78 is 25.4. The number of hydrogen-bond donors (Lipinski definition) is 0. The molecule has 0 bridgehead atoms. The fourth-order valence-electron chi connectivity index (χ4n) is 1.48. The predicted octanol–water partition coefficient (Wildman–Crippen LogP) is 1.71. The Bertz CT molecular complexity index is 606. The van der Waals surface area contributed by atoms with E-state index < -0.39 is 22.1 Å². The molecule has 88 valence electrons. The molecule has 0 atom stereocenters. The van der Waals surface area contributed by atoms with Crippen LogP contribution in [0.15, 0.2) is 59.5 Å². The molecular weight excluding hydrogens is 299 g/mol. The zero-order valence-corrected chi connectivity index (χ0v) is 11.9. The molecule has 0 aliphatic heterocycles. The maximum atomic E-state index is 12.3. The van der Waals surface area contributed by atoms with Gasteiger partial charge in [0, 0.05) is 0 Å². The number of aryl methyl sites for hydroxylation is 1. The van der Waals surface area contributed by atoms with Crippen molar-refractivity contribution in [2.75, 3.05) is 0 Å². The van der Waals surface area contributed by atoms with Crippen LogP contribution in [0.1, 0.15) is 5.56 Å². The molecule has 0 amide bonds. The van der Waals surface area contributed by atoms with Crippen molar-refractivity contribution < 1.29 is 8.42 Å². The molecule has 0 saturated heterocycles. The zero-order valence-electron chi connectivity index (χ0n) is 9.33. The molecule has 17 heavy (non-hydrogen) atoms. The van der Waals surface area contributed by atoms with Gasteiger partial charge in [0.2, 0.25) is 0 Å². The topological polar surface area (TPSA) is 34.1 Å². The molecule has 4 heteroatoms. The average molecular weight is 311 g/mol. The molecule has 0 saturated carbocycles. The van der Waals surface area contributed by atoms with Crippen LogP contribution in [0.25, 0.3) is 0 Å². The number of hydrogen-bond acceptors (Lipinski definition) is 2. The SMILES string of the molecule is Cc1ccccc1S(=O)(=O)[Se]c1ccccc1. The Morgan fingerprint density at radius 2 is 1.47 bits per heavy atom. The van der Waals surface area contributed by atoms with E-state index in [2.05, 4.69) is 0 Å². The molecule has 0 heterocycles. The van der Waals surface area contributed by atoms with Crippen LogP contribution in [0.3, 0.4) is 0 Å². The van der Waals surface area contributed by atoms with Gasteiger partial charge < -0.3 is 0 Å². The molecule has 0 aromatic heterocycles. The first-order chi connectivity index (χ1) is 8.09. The Balaban J connectivity index is 2.36. The van der Waals surface area contributed by atoms with Gasteiger partial charge in [0.25, 0.3) is 0 Å². The van der Waals surface area contributed by atoms with Gasteiger partial charge in [-0.2, -0.15) is 0 Å². The van der Waals surface area contributed by atoms with E-state index in [4.69, 9.17) is 0 Å². The fourth-order valence-corrected chi connectivity index (χ4v) is 7.01.